The Labute approximate surface area is 264 Å². The van der Waals surface area contributed by atoms with Gasteiger partial charge in [0, 0.05) is 49.5 Å². The van der Waals surface area contributed by atoms with E-state index >= 15 is 0 Å². The number of hydrogen-bond donors (Lipinski definition) is 1. The summed E-state index contributed by atoms with van der Waals surface area (Å²) >= 11 is 1.77. The molecule has 1 aromatic carbocycles. The smallest absolute Gasteiger partial charge is 0.247 e. The fourth-order valence-electron chi connectivity index (χ4n) is 7.01. The van der Waals surface area contributed by atoms with Crippen molar-refractivity contribution in [2.24, 2.45) is 17.3 Å². The topological polar surface area (TPSA) is 65.1 Å². The van der Waals surface area contributed by atoms with E-state index in [-0.39, 0.29) is 29.8 Å². The van der Waals surface area contributed by atoms with Gasteiger partial charge >= 0.3 is 0 Å². The third-order valence-corrected chi connectivity index (χ3v) is 10.00. The molecule has 3 atom stereocenters. The summed E-state index contributed by atoms with van der Waals surface area (Å²) in [7, 11) is 4.18. The Kier molecular flexibility index (Phi) is 13.7. The zero-order chi connectivity index (χ0) is 31.4. The van der Waals surface area contributed by atoms with Crippen LogP contribution < -0.4 is 5.32 Å². The molecule has 7 nitrogen and oxygen atoms in total. The van der Waals surface area contributed by atoms with Gasteiger partial charge in [0.2, 0.25) is 11.8 Å². The number of terminal acetylenes is 1. The number of amides is 2. The Morgan fingerprint density at radius 2 is 1.88 bits per heavy atom. The lowest BCUT2D eigenvalue weighted by atomic mass is 9.73. The maximum Gasteiger partial charge on any atom is 0.247 e. The first-order valence-electron chi connectivity index (χ1n) is 15.6. The molecule has 1 saturated carbocycles. The van der Waals surface area contributed by atoms with E-state index < -0.39 is 6.04 Å². The van der Waals surface area contributed by atoms with Crippen LogP contribution in [0.4, 0.5) is 0 Å². The second kappa shape index (κ2) is 16.9. The molecule has 8 heteroatoms. The van der Waals surface area contributed by atoms with Crippen molar-refractivity contribution in [3.05, 3.63) is 59.3 Å². The summed E-state index contributed by atoms with van der Waals surface area (Å²) in [6, 6.07) is 9.31. The predicted octanol–water partition coefficient (Wildman–Crippen LogP) is 5.36. The number of benzene rings is 1. The molecule has 2 unspecified atom stereocenters. The monoisotopic (exact) mass is 608 g/mol. The molecule has 2 amide bonds. The van der Waals surface area contributed by atoms with Gasteiger partial charge < -0.3 is 24.2 Å². The molecule has 2 fully saturated rings. The van der Waals surface area contributed by atoms with Crippen molar-refractivity contribution in [2.45, 2.75) is 65.0 Å². The van der Waals surface area contributed by atoms with Crippen molar-refractivity contribution in [3.63, 3.8) is 0 Å². The highest BCUT2D eigenvalue weighted by atomic mass is 32.2. The zero-order valence-corrected chi connectivity index (χ0v) is 27.7. The van der Waals surface area contributed by atoms with Crippen LogP contribution in [0.15, 0.2) is 53.8 Å². The summed E-state index contributed by atoms with van der Waals surface area (Å²) in [5.41, 5.74) is 3.86. The SMILES string of the molecule is C#C.C/C=C\C1=C(C)N(SC)CC12CCN(C(=O)C(COCc1ccccc1)NC(=O)C1CCC[C@H](CN(C)C)C1)CC2. The molecule has 0 radical (unpaired) electrons. The minimum atomic E-state index is -0.673. The van der Waals surface area contributed by atoms with E-state index in [0.29, 0.717) is 25.6 Å². The van der Waals surface area contributed by atoms with Gasteiger partial charge in [0.1, 0.15) is 6.04 Å². The van der Waals surface area contributed by atoms with Crippen molar-refractivity contribution in [2.75, 3.05) is 53.1 Å². The lowest BCUT2D eigenvalue weighted by Gasteiger charge is -2.41. The lowest BCUT2D eigenvalue weighted by molar-refractivity contribution is -0.141. The van der Waals surface area contributed by atoms with E-state index in [1.54, 1.807) is 11.9 Å². The van der Waals surface area contributed by atoms with Gasteiger partial charge in [0.25, 0.3) is 0 Å². The molecule has 0 aromatic heterocycles. The van der Waals surface area contributed by atoms with E-state index in [9.17, 15) is 9.59 Å². The molecule has 43 heavy (non-hydrogen) atoms. The first-order valence-corrected chi connectivity index (χ1v) is 16.8. The summed E-state index contributed by atoms with van der Waals surface area (Å²) in [6.07, 6.45) is 20.4. The molecule has 2 aliphatic heterocycles. The summed E-state index contributed by atoms with van der Waals surface area (Å²) in [6.45, 7) is 8.24. The van der Waals surface area contributed by atoms with Crippen LogP contribution in [0.1, 0.15) is 57.9 Å². The number of rotatable bonds is 11. The largest absolute Gasteiger partial charge is 0.374 e. The minimum Gasteiger partial charge on any atom is -0.374 e. The Morgan fingerprint density at radius 1 is 1.19 bits per heavy atom. The molecule has 1 aliphatic carbocycles. The van der Waals surface area contributed by atoms with Crippen LogP contribution in [-0.2, 0) is 20.9 Å². The highest BCUT2D eigenvalue weighted by molar-refractivity contribution is 7.96. The summed E-state index contributed by atoms with van der Waals surface area (Å²) < 4.78 is 8.44. The number of nitrogens with one attached hydrogen (secondary N) is 1. The Balaban J connectivity index is 0.00000248. The quantitative estimate of drug-likeness (QED) is 0.270. The van der Waals surface area contributed by atoms with Crippen LogP contribution in [0, 0.1) is 30.1 Å². The third-order valence-electron chi connectivity index (χ3n) is 9.16. The van der Waals surface area contributed by atoms with Crippen molar-refractivity contribution in [1.82, 2.24) is 19.4 Å². The van der Waals surface area contributed by atoms with Gasteiger partial charge in [-0.15, -0.1) is 12.8 Å². The number of hydrogen-bond acceptors (Lipinski definition) is 6. The molecular weight excluding hydrogens is 556 g/mol. The number of carbonyl (C=O) groups is 2. The van der Waals surface area contributed by atoms with Crippen molar-refractivity contribution in [1.29, 1.82) is 0 Å². The molecule has 4 rings (SSSR count). The molecule has 3 aliphatic rings. The van der Waals surface area contributed by atoms with Gasteiger partial charge in [-0.3, -0.25) is 9.59 Å². The fraction of sp³-hybridized carbons (Fsp3) is 0.600. The van der Waals surface area contributed by atoms with Crippen LogP contribution in [0.5, 0.6) is 0 Å². The maximum absolute atomic E-state index is 13.9. The van der Waals surface area contributed by atoms with Crippen molar-refractivity contribution >= 4 is 23.8 Å². The van der Waals surface area contributed by atoms with Crippen LogP contribution in [0.25, 0.3) is 0 Å². The summed E-state index contributed by atoms with van der Waals surface area (Å²) in [4.78, 5) is 31.6. The minimum absolute atomic E-state index is 0.00364. The van der Waals surface area contributed by atoms with Crippen LogP contribution in [0.2, 0.25) is 0 Å². The average Bonchev–Trinajstić information content (AvgIpc) is 3.27. The second-order valence-electron chi connectivity index (χ2n) is 12.4. The highest BCUT2D eigenvalue weighted by Crippen LogP contribution is 2.49. The van der Waals surface area contributed by atoms with Gasteiger partial charge in [-0.25, -0.2) is 0 Å². The van der Waals surface area contributed by atoms with E-state index in [1.807, 2.05) is 35.2 Å². The van der Waals surface area contributed by atoms with Crippen LogP contribution in [-0.4, -0.2) is 85.1 Å². The lowest BCUT2D eigenvalue weighted by Crippen LogP contribution is -2.55. The molecule has 2 heterocycles. The first-order chi connectivity index (χ1) is 20.8. The van der Waals surface area contributed by atoms with E-state index in [0.717, 1.165) is 57.2 Å². The van der Waals surface area contributed by atoms with E-state index in [4.69, 9.17) is 4.74 Å². The molecule has 1 N–H and O–H groups in total. The number of likely N-dealkylation sites (tertiary alicyclic amines) is 1. The van der Waals surface area contributed by atoms with Crippen LogP contribution in [0.3, 0.4) is 0 Å². The molecule has 1 aromatic rings. The van der Waals surface area contributed by atoms with E-state index in [1.165, 1.54) is 11.3 Å². The molecular formula is C35H52N4O3S. The van der Waals surface area contributed by atoms with Gasteiger partial charge in [0.05, 0.1) is 13.2 Å². The number of allylic oxidation sites excluding steroid dienone is 3. The van der Waals surface area contributed by atoms with Crippen molar-refractivity contribution in [3.8, 4) is 12.8 Å². The molecule has 0 bridgehead atoms. The van der Waals surface area contributed by atoms with Crippen molar-refractivity contribution < 1.29 is 14.3 Å². The van der Waals surface area contributed by atoms with Gasteiger partial charge in [0.15, 0.2) is 0 Å². The Hall–Kier alpha value is -2.73. The zero-order valence-electron chi connectivity index (χ0n) is 26.9. The fourth-order valence-corrected chi connectivity index (χ4v) is 7.76. The number of nitrogens with zero attached hydrogens (tertiary/aromatic N) is 3. The third kappa shape index (κ3) is 9.14. The van der Waals surface area contributed by atoms with Gasteiger partial charge in [-0.1, -0.05) is 60.9 Å². The number of ether oxygens (including phenoxy) is 1. The first kappa shape index (κ1) is 34.8. The summed E-state index contributed by atoms with van der Waals surface area (Å²) in [5, 5.41) is 3.16. The Bertz CT molecular complexity index is 1120. The highest BCUT2D eigenvalue weighted by Gasteiger charge is 2.45. The second-order valence-corrected chi connectivity index (χ2v) is 13.2. The van der Waals surface area contributed by atoms with Gasteiger partial charge in [-0.05, 0) is 77.1 Å². The standard InChI is InChI=1S/C33H50N4O3S.C2H2/c1-6-11-29-25(2)37(41-5)24-33(29)16-18-36(19-17-33)32(39)30(23-40-22-26-12-8-7-9-13-26)34-31(38)28-15-10-14-27(20-28)21-35(3)4;1-2/h6-9,11-13,27-28,30H,10,14-24H2,1-5H3,(H,34,38);1-2H/b11-6-;/t27-,28?,30?;/m0./s1. The molecule has 1 spiro atoms. The molecule has 236 valence electrons. The average molecular weight is 609 g/mol. The normalized spacial score (nSPS) is 22.5. The maximum atomic E-state index is 13.9. The van der Waals surface area contributed by atoms with Crippen LogP contribution >= 0.6 is 11.9 Å². The number of carbonyl (C=O) groups excluding carboxylic acids is 2. The Morgan fingerprint density at radius 3 is 2.51 bits per heavy atom. The van der Waals surface area contributed by atoms with Gasteiger partial charge in [-0.2, -0.15) is 0 Å². The molecule has 1 saturated heterocycles. The predicted molar refractivity (Wildman–Crippen MR) is 178 cm³/mol. The van der Waals surface area contributed by atoms with E-state index in [2.05, 4.69) is 73.7 Å². The summed E-state index contributed by atoms with van der Waals surface area (Å²) in [5.74, 6) is 0.459. The number of piperidine rings is 1.